The molecule has 0 radical (unpaired) electrons. The normalized spacial score (nSPS) is 16.3. The van der Waals surface area contributed by atoms with Gasteiger partial charge in [0.15, 0.2) is 0 Å². The SMILES string of the molecule is CN(C)C1(c2ccccc2)CCN(C(=O)C(CNCCc2ccccc2)Cc2ccccc2)CC1. The van der Waals surface area contributed by atoms with Crippen LogP contribution in [0.5, 0.6) is 0 Å². The van der Waals surface area contributed by atoms with E-state index in [1.807, 2.05) is 12.1 Å². The zero-order valence-corrected chi connectivity index (χ0v) is 21.2. The maximum absolute atomic E-state index is 13.8. The van der Waals surface area contributed by atoms with Gasteiger partial charge in [-0.1, -0.05) is 91.0 Å². The van der Waals surface area contributed by atoms with Crippen molar-refractivity contribution in [3.8, 4) is 0 Å². The molecule has 1 heterocycles. The van der Waals surface area contributed by atoms with E-state index in [4.69, 9.17) is 0 Å². The standard InChI is InChI=1S/C31H39N3O/c1-33(2)31(29-16-10-5-11-17-29)19-22-34(23-20-31)30(35)28(24-27-14-8-4-9-15-27)25-32-21-18-26-12-6-3-7-13-26/h3-17,28,32H,18-25H2,1-2H3. The molecule has 4 rings (SSSR count). The number of hydrogen-bond donors (Lipinski definition) is 1. The molecular weight excluding hydrogens is 430 g/mol. The van der Waals surface area contributed by atoms with Crippen LogP contribution < -0.4 is 5.32 Å². The summed E-state index contributed by atoms with van der Waals surface area (Å²) in [5.41, 5.74) is 3.88. The Kier molecular flexibility index (Phi) is 8.73. The van der Waals surface area contributed by atoms with Crippen molar-refractivity contribution in [3.05, 3.63) is 108 Å². The molecule has 1 atom stereocenters. The average Bonchev–Trinajstić information content (AvgIpc) is 2.91. The summed E-state index contributed by atoms with van der Waals surface area (Å²) in [6.45, 7) is 3.16. The van der Waals surface area contributed by atoms with Crippen molar-refractivity contribution in [3.63, 3.8) is 0 Å². The lowest BCUT2D eigenvalue weighted by atomic mass is 9.79. The highest BCUT2D eigenvalue weighted by Gasteiger charge is 2.40. The van der Waals surface area contributed by atoms with Crippen molar-refractivity contribution >= 4 is 5.91 Å². The Balaban J connectivity index is 1.40. The molecule has 1 fully saturated rings. The number of rotatable bonds is 10. The van der Waals surface area contributed by atoms with E-state index >= 15 is 0 Å². The predicted octanol–water partition coefficient (Wildman–Crippen LogP) is 4.76. The van der Waals surface area contributed by atoms with E-state index < -0.39 is 0 Å². The molecule has 0 saturated carbocycles. The number of amides is 1. The zero-order chi connectivity index (χ0) is 24.5. The molecule has 35 heavy (non-hydrogen) atoms. The monoisotopic (exact) mass is 469 g/mol. The first-order valence-electron chi connectivity index (χ1n) is 12.9. The van der Waals surface area contributed by atoms with Gasteiger partial charge in [-0.3, -0.25) is 9.69 Å². The van der Waals surface area contributed by atoms with Gasteiger partial charge in [-0.05, 0) is 63.0 Å². The fourth-order valence-electron chi connectivity index (χ4n) is 5.40. The van der Waals surface area contributed by atoms with Gasteiger partial charge in [0.25, 0.3) is 0 Å². The molecule has 1 unspecified atom stereocenters. The first-order chi connectivity index (χ1) is 17.1. The summed E-state index contributed by atoms with van der Waals surface area (Å²) in [5.74, 6) is 0.221. The largest absolute Gasteiger partial charge is 0.342 e. The number of hydrogen-bond acceptors (Lipinski definition) is 3. The predicted molar refractivity (Wildman–Crippen MR) is 144 cm³/mol. The van der Waals surface area contributed by atoms with E-state index in [0.29, 0.717) is 6.54 Å². The molecule has 0 spiro atoms. The van der Waals surface area contributed by atoms with Crippen molar-refractivity contribution in [1.82, 2.24) is 15.1 Å². The summed E-state index contributed by atoms with van der Waals surface area (Å²) in [5, 5.41) is 3.58. The van der Waals surface area contributed by atoms with Crippen molar-refractivity contribution in [1.29, 1.82) is 0 Å². The molecule has 1 amide bonds. The van der Waals surface area contributed by atoms with Crippen LogP contribution in [0, 0.1) is 5.92 Å². The molecule has 3 aromatic carbocycles. The maximum atomic E-state index is 13.8. The van der Waals surface area contributed by atoms with Crippen molar-refractivity contribution in [2.45, 2.75) is 31.2 Å². The Morgan fingerprint density at radius 3 is 1.97 bits per heavy atom. The maximum Gasteiger partial charge on any atom is 0.227 e. The van der Waals surface area contributed by atoms with Crippen LogP contribution in [0.1, 0.15) is 29.5 Å². The summed E-state index contributed by atoms with van der Waals surface area (Å²) in [6, 6.07) is 31.7. The zero-order valence-electron chi connectivity index (χ0n) is 21.2. The Hall–Kier alpha value is -2.95. The molecule has 4 heteroatoms. The summed E-state index contributed by atoms with van der Waals surface area (Å²) < 4.78 is 0. The second kappa shape index (κ2) is 12.1. The van der Waals surface area contributed by atoms with Crippen LogP contribution in [0.3, 0.4) is 0 Å². The van der Waals surface area contributed by atoms with Crippen LogP contribution in [0.2, 0.25) is 0 Å². The molecule has 0 aromatic heterocycles. The third-order valence-corrected chi connectivity index (χ3v) is 7.57. The summed E-state index contributed by atoms with van der Waals surface area (Å²) in [6.07, 6.45) is 3.65. The van der Waals surface area contributed by atoms with Gasteiger partial charge in [-0.25, -0.2) is 0 Å². The second-order valence-corrected chi connectivity index (χ2v) is 9.94. The first kappa shape index (κ1) is 25.2. The number of nitrogens with zero attached hydrogens (tertiary/aromatic N) is 2. The number of carbonyl (C=O) groups excluding carboxylic acids is 1. The smallest absolute Gasteiger partial charge is 0.227 e. The fraction of sp³-hybridized carbons (Fsp3) is 0.387. The van der Waals surface area contributed by atoms with Gasteiger partial charge < -0.3 is 10.2 Å². The number of carbonyl (C=O) groups is 1. The highest BCUT2D eigenvalue weighted by atomic mass is 16.2. The lowest BCUT2D eigenvalue weighted by Crippen LogP contribution is -2.53. The van der Waals surface area contributed by atoms with E-state index in [1.54, 1.807) is 0 Å². The Morgan fingerprint density at radius 1 is 0.857 bits per heavy atom. The summed E-state index contributed by atoms with van der Waals surface area (Å²) in [7, 11) is 4.33. The highest BCUT2D eigenvalue weighted by molar-refractivity contribution is 5.79. The number of likely N-dealkylation sites (tertiary alicyclic amines) is 1. The van der Waals surface area contributed by atoms with Crippen LogP contribution in [0.25, 0.3) is 0 Å². The molecule has 184 valence electrons. The van der Waals surface area contributed by atoms with Crippen LogP contribution in [0.15, 0.2) is 91.0 Å². The number of nitrogens with one attached hydrogen (secondary N) is 1. The minimum atomic E-state index is -0.0586. The van der Waals surface area contributed by atoms with Gasteiger partial charge >= 0.3 is 0 Å². The van der Waals surface area contributed by atoms with Gasteiger partial charge in [0.1, 0.15) is 0 Å². The molecule has 1 saturated heterocycles. The molecule has 0 aliphatic carbocycles. The highest BCUT2D eigenvalue weighted by Crippen LogP contribution is 2.37. The second-order valence-electron chi connectivity index (χ2n) is 9.94. The Bertz CT molecular complexity index is 1030. The average molecular weight is 470 g/mol. The van der Waals surface area contributed by atoms with E-state index in [0.717, 1.165) is 45.3 Å². The molecule has 0 bridgehead atoms. The molecular formula is C31H39N3O. The topological polar surface area (TPSA) is 35.6 Å². The van der Waals surface area contributed by atoms with Gasteiger partial charge in [0.05, 0.1) is 5.92 Å². The van der Waals surface area contributed by atoms with Crippen LogP contribution in [-0.2, 0) is 23.2 Å². The first-order valence-corrected chi connectivity index (χ1v) is 12.9. The third kappa shape index (κ3) is 6.39. The molecule has 1 aliphatic heterocycles. The molecule has 3 aromatic rings. The Morgan fingerprint density at radius 2 is 1.40 bits per heavy atom. The summed E-state index contributed by atoms with van der Waals surface area (Å²) >= 11 is 0. The molecule has 4 nitrogen and oxygen atoms in total. The third-order valence-electron chi connectivity index (χ3n) is 7.57. The van der Waals surface area contributed by atoms with Crippen molar-refractivity contribution < 1.29 is 4.79 Å². The van der Waals surface area contributed by atoms with Crippen molar-refractivity contribution in [2.24, 2.45) is 5.92 Å². The van der Waals surface area contributed by atoms with Gasteiger partial charge in [0, 0.05) is 25.2 Å². The van der Waals surface area contributed by atoms with Crippen LogP contribution >= 0.6 is 0 Å². The van der Waals surface area contributed by atoms with E-state index in [1.165, 1.54) is 16.7 Å². The number of benzene rings is 3. The van der Waals surface area contributed by atoms with Gasteiger partial charge in [-0.15, -0.1) is 0 Å². The lowest BCUT2D eigenvalue weighted by Gasteiger charge is -2.47. The van der Waals surface area contributed by atoms with E-state index in [9.17, 15) is 4.79 Å². The lowest BCUT2D eigenvalue weighted by molar-refractivity contribution is -0.138. The number of piperidine rings is 1. The van der Waals surface area contributed by atoms with E-state index in [2.05, 4.69) is 108 Å². The van der Waals surface area contributed by atoms with Crippen LogP contribution in [-0.4, -0.2) is 56.0 Å². The van der Waals surface area contributed by atoms with Gasteiger partial charge in [0.2, 0.25) is 5.91 Å². The summed E-state index contributed by atoms with van der Waals surface area (Å²) in [4.78, 5) is 18.2. The van der Waals surface area contributed by atoms with Crippen molar-refractivity contribution in [2.75, 3.05) is 40.3 Å². The molecule has 1 N–H and O–H groups in total. The van der Waals surface area contributed by atoms with E-state index in [-0.39, 0.29) is 17.4 Å². The minimum Gasteiger partial charge on any atom is -0.342 e. The minimum absolute atomic E-state index is 0.0130. The van der Waals surface area contributed by atoms with Crippen LogP contribution in [0.4, 0.5) is 0 Å². The Labute approximate surface area is 211 Å². The molecule has 1 aliphatic rings. The van der Waals surface area contributed by atoms with Gasteiger partial charge in [-0.2, -0.15) is 0 Å². The fourth-order valence-corrected chi connectivity index (χ4v) is 5.40. The quantitative estimate of drug-likeness (QED) is 0.435.